The maximum atomic E-state index is 4.38. The molecule has 1 saturated heterocycles. The van der Waals surface area contributed by atoms with Crippen molar-refractivity contribution >= 4 is 11.8 Å². The molecule has 0 aliphatic carbocycles. The Morgan fingerprint density at radius 2 is 2.27 bits per heavy atom. The van der Waals surface area contributed by atoms with E-state index in [1.807, 2.05) is 12.3 Å². The molecule has 3 nitrogen and oxygen atoms in total. The number of rotatable bonds is 3. The summed E-state index contributed by atoms with van der Waals surface area (Å²) in [5.41, 5.74) is 1.35. The van der Waals surface area contributed by atoms with Gasteiger partial charge in [0.15, 0.2) is 0 Å². The van der Waals surface area contributed by atoms with Crippen LogP contribution in [0.1, 0.15) is 5.56 Å². The van der Waals surface area contributed by atoms with E-state index >= 15 is 0 Å². The molecule has 1 aromatic heterocycles. The molecule has 1 fully saturated rings. The molecular weight excluding hydrogens is 206 g/mol. The first kappa shape index (κ1) is 10.9. The van der Waals surface area contributed by atoms with Crippen molar-refractivity contribution < 1.29 is 0 Å². The number of piperazine rings is 1. The lowest BCUT2D eigenvalue weighted by molar-refractivity contribution is 0.231. The second-order valence-electron chi connectivity index (χ2n) is 3.70. The normalized spacial score (nSPS) is 17.9. The lowest BCUT2D eigenvalue weighted by atomic mass is 10.2. The third-order valence-corrected chi connectivity index (χ3v) is 3.40. The third kappa shape index (κ3) is 2.93. The maximum Gasteiger partial charge on any atom is 0.100 e. The number of hydrogen-bond donors (Lipinski definition) is 1. The fraction of sp³-hybridized carbons (Fsp3) is 0.545. The molecule has 0 bridgehead atoms. The van der Waals surface area contributed by atoms with Gasteiger partial charge in [-0.1, -0.05) is 6.07 Å². The van der Waals surface area contributed by atoms with Crippen LogP contribution >= 0.6 is 11.8 Å². The van der Waals surface area contributed by atoms with Gasteiger partial charge in [0.25, 0.3) is 0 Å². The van der Waals surface area contributed by atoms with Crippen LogP contribution in [0.15, 0.2) is 23.4 Å². The molecule has 2 rings (SSSR count). The van der Waals surface area contributed by atoms with E-state index in [4.69, 9.17) is 0 Å². The number of aromatic nitrogens is 1. The zero-order chi connectivity index (χ0) is 10.5. The van der Waals surface area contributed by atoms with Crippen LogP contribution in [0.5, 0.6) is 0 Å². The summed E-state index contributed by atoms with van der Waals surface area (Å²) in [6.07, 6.45) is 3.96. The van der Waals surface area contributed by atoms with Crippen LogP contribution in [0.3, 0.4) is 0 Å². The van der Waals surface area contributed by atoms with Crippen LogP contribution < -0.4 is 5.32 Å². The van der Waals surface area contributed by atoms with E-state index in [1.165, 1.54) is 5.56 Å². The predicted molar refractivity (Wildman–Crippen MR) is 64.2 cm³/mol. The summed E-state index contributed by atoms with van der Waals surface area (Å²) in [6, 6.07) is 4.21. The van der Waals surface area contributed by atoms with Gasteiger partial charge in [0, 0.05) is 38.9 Å². The Hall–Kier alpha value is -0.580. The molecule has 1 aliphatic rings. The van der Waals surface area contributed by atoms with Crippen molar-refractivity contribution in [2.75, 3.05) is 32.4 Å². The lowest BCUT2D eigenvalue weighted by Crippen LogP contribution is -2.42. The standard InChI is InChI=1S/C11H17N3S/c1-15-11-10(3-2-4-13-11)9-14-7-5-12-6-8-14/h2-4,12H,5-9H2,1H3. The highest BCUT2D eigenvalue weighted by Gasteiger charge is 2.11. The van der Waals surface area contributed by atoms with E-state index in [2.05, 4.69) is 27.5 Å². The first-order valence-electron chi connectivity index (χ1n) is 5.31. The van der Waals surface area contributed by atoms with Gasteiger partial charge >= 0.3 is 0 Å². The topological polar surface area (TPSA) is 28.2 Å². The van der Waals surface area contributed by atoms with Crippen LogP contribution in [0.4, 0.5) is 0 Å². The number of nitrogens with one attached hydrogen (secondary N) is 1. The summed E-state index contributed by atoms with van der Waals surface area (Å²) in [4.78, 5) is 6.86. The van der Waals surface area contributed by atoms with E-state index in [9.17, 15) is 0 Å². The Kier molecular flexibility index (Phi) is 4.00. The molecule has 1 aromatic rings. The minimum atomic E-state index is 1.03. The van der Waals surface area contributed by atoms with Gasteiger partial charge in [0.2, 0.25) is 0 Å². The summed E-state index contributed by atoms with van der Waals surface area (Å²) in [5, 5.41) is 4.53. The van der Waals surface area contributed by atoms with E-state index in [-0.39, 0.29) is 0 Å². The molecule has 0 saturated carbocycles. The van der Waals surface area contributed by atoms with Gasteiger partial charge in [0.05, 0.1) is 0 Å². The summed E-state index contributed by atoms with van der Waals surface area (Å²) in [6.45, 7) is 5.53. The van der Waals surface area contributed by atoms with Crippen LogP contribution in [0.2, 0.25) is 0 Å². The second-order valence-corrected chi connectivity index (χ2v) is 4.49. The highest BCUT2D eigenvalue weighted by molar-refractivity contribution is 7.98. The molecule has 15 heavy (non-hydrogen) atoms. The average molecular weight is 223 g/mol. The molecule has 2 heterocycles. The Bertz CT molecular complexity index is 310. The molecular formula is C11H17N3S. The van der Waals surface area contributed by atoms with Crippen molar-refractivity contribution in [1.29, 1.82) is 0 Å². The van der Waals surface area contributed by atoms with Gasteiger partial charge in [-0.2, -0.15) is 0 Å². The molecule has 1 aliphatic heterocycles. The number of pyridine rings is 1. The van der Waals surface area contributed by atoms with Crippen LogP contribution in [0, 0.1) is 0 Å². The second kappa shape index (κ2) is 5.49. The van der Waals surface area contributed by atoms with Crippen molar-refractivity contribution in [2.24, 2.45) is 0 Å². The van der Waals surface area contributed by atoms with Gasteiger partial charge in [-0.3, -0.25) is 4.90 Å². The molecule has 82 valence electrons. The van der Waals surface area contributed by atoms with E-state index in [0.29, 0.717) is 0 Å². The van der Waals surface area contributed by atoms with Crippen LogP contribution in [-0.4, -0.2) is 42.3 Å². The molecule has 0 unspecified atom stereocenters. The predicted octanol–water partition coefficient (Wildman–Crippen LogP) is 1.21. The smallest absolute Gasteiger partial charge is 0.100 e. The minimum Gasteiger partial charge on any atom is -0.314 e. The van der Waals surface area contributed by atoms with Crippen molar-refractivity contribution in [2.45, 2.75) is 11.6 Å². The van der Waals surface area contributed by atoms with Gasteiger partial charge in [-0.05, 0) is 17.9 Å². The van der Waals surface area contributed by atoms with Gasteiger partial charge < -0.3 is 5.32 Å². The molecule has 0 atom stereocenters. The summed E-state index contributed by atoms with van der Waals surface area (Å²) < 4.78 is 0. The van der Waals surface area contributed by atoms with Crippen molar-refractivity contribution in [3.05, 3.63) is 23.9 Å². The molecule has 0 aromatic carbocycles. The number of hydrogen-bond acceptors (Lipinski definition) is 4. The Morgan fingerprint density at radius 3 is 3.00 bits per heavy atom. The summed E-state index contributed by atoms with van der Waals surface area (Å²) in [5.74, 6) is 0. The van der Waals surface area contributed by atoms with E-state index < -0.39 is 0 Å². The largest absolute Gasteiger partial charge is 0.314 e. The fourth-order valence-corrected chi connectivity index (χ4v) is 2.40. The first-order chi connectivity index (χ1) is 7.40. The summed E-state index contributed by atoms with van der Waals surface area (Å²) in [7, 11) is 0. The zero-order valence-electron chi connectivity index (χ0n) is 9.07. The Labute approximate surface area is 95.3 Å². The van der Waals surface area contributed by atoms with Crippen molar-refractivity contribution in [3.8, 4) is 0 Å². The van der Waals surface area contributed by atoms with Crippen LogP contribution in [0.25, 0.3) is 0 Å². The van der Waals surface area contributed by atoms with E-state index in [0.717, 1.165) is 37.7 Å². The van der Waals surface area contributed by atoms with Crippen LogP contribution in [-0.2, 0) is 6.54 Å². The van der Waals surface area contributed by atoms with Crippen molar-refractivity contribution in [1.82, 2.24) is 15.2 Å². The number of thioether (sulfide) groups is 1. The highest BCUT2D eigenvalue weighted by atomic mass is 32.2. The van der Waals surface area contributed by atoms with Gasteiger partial charge in [-0.25, -0.2) is 4.98 Å². The minimum absolute atomic E-state index is 1.03. The van der Waals surface area contributed by atoms with E-state index in [1.54, 1.807) is 11.8 Å². The molecule has 0 radical (unpaired) electrons. The molecule has 4 heteroatoms. The Balaban J connectivity index is 2.02. The highest BCUT2D eigenvalue weighted by Crippen LogP contribution is 2.18. The summed E-state index contributed by atoms with van der Waals surface area (Å²) >= 11 is 1.73. The maximum absolute atomic E-state index is 4.38. The van der Waals surface area contributed by atoms with Crippen molar-refractivity contribution in [3.63, 3.8) is 0 Å². The van der Waals surface area contributed by atoms with Gasteiger partial charge in [0.1, 0.15) is 5.03 Å². The van der Waals surface area contributed by atoms with Gasteiger partial charge in [-0.15, -0.1) is 11.8 Å². The number of nitrogens with zero attached hydrogens (tertiary/aromatic N) is 2. The lowest BCUT2D eigenvalue weighted by Gasteiger charge is -2.27. The average Bonchev–Trinajstić information content (AvgIpc) is 2.31. The molecule has 0 amide bonds. The zero-order valence-corrected chi connectivity index (χ0v) is 9.89. The third-order valence-electron chi connectivity index (χ3n) is 2.65. The Morgan fingerprint density at radius 1 is 1.47 bits per heavy atom. The first-order valence-corrected chi connectivity index (χ1v) is 6.53. The SMILES string of the molecule is CSc1ncccc1CN1CCNCC1. The fourth-order valence-electron chi connectivity index (χ4n) is 1.84. The quantitative estimate of drug-likeness (QED) is 0.780. The monoisotopic (exact) mass is 223 g/mol. The molecule has 1 N–H and O–H groups in total. The molecule has 0 spiro atoms.